The van der Waals surface area contributed by atoms with Gasteiger partial charge in [-0.25, -0.2) is 0 Å². The van der Waals surface area contributed by atoms with Crippen molar-refractivity contribution in [1.82, 2.24) is 9.78 Å². The largest absolute Gasteiger partial charge is 0.505 e. The number of nitrogens with one attached hydrogen (secondary N) is 1. The van der Waals surface area contributed by atoms with Gasteiger partial charge in [0.15, 0.2) is 11.4 Å². The van der Waals surface area contributed by atoms with Crippen LogP contribution in [0.15, 0.2) is 63.9 Å². The normalized spacial score (nSPS) is 13.8. The van der Waals surface area contributed by atoms with Crippen LogP contribution in [0, 0.1) is 0 Å². The molecule has 154 valence electrons. The van der Waals surface area contributed by atoms with E-state index in [-0.39, 0.29) is 5.69 Å². The van der Waals surface area contributed by atoms with E-state index in [0.717, 1.165) is 34.0 Å². The summed E-state index contributed by atoms with van der Waals surface area (Å²) >= 11 is 3.33. The number of aromatic hydroxyl groups is 1. The Hall–Kier alpha value is -3.17. The lowest BCUT2D eigenvalue weighted by atomic mass is 10.2. The molecule has 0 aliphatic carbocycles. The van der Waals surface area contributed by atoms with Crippen molar-refractivity contribution in [3.8, 4) is 11.4 Å². The van der Waals surface area contributed by atoms with E-state index in [2.05, 4.69) is 31.2 Å². The number of nitrogens with zero attached hydrogens (tertiary/aromatic N) is 3. The second kappa shape index (κ2) is 8.68. The molecule has 2 aromatic carbocycles. The highest BCUT2D eigenvalue weighted by atomic mass is 79.9. The Morgan fingerprint density at radius 3 is 2.33 bits per heavy atom. The van der Waals surface area contributed by atoms with Crippen LogP contribution in [0.1, 0.15) is 10.5 Å². The molecule has 0 radical (unpaired) electrons. The molecule has 0 bridgehead atoms. The van der Waals surface area contributed by atoms with Gasteiger partial charge in [0.05, 0.1) is 18.9 Å². The molecule has 0 spiro atoms. The van der Waals surface area contributed by atoms with Crippen LogP contribution in [0.4, 0.5) is 11.4 Å². The average Bonchev–Trinajstić information content (AvgIpc) is 2.76. The molecule has 4 rings (SSSR count). The molecule has 0 atom stereocenters. The van der Waals surface area contributed by atoms with E-state index in [1.54, 1.807) is 36.4 Å². The topological polar surface area (TPSA) is 96.7 Å². The SMILES string of the molecule is O=C(Nc1ccc(N2CCOCC2)cc1)c1nn(-c2ccc(Br)cc2)c(=O)cc1O. The maximum atomic E-state index is 12.7. The van der Waals surface area contributed by atoms with Crippen molar-refractivity contribution < 1.29 is 14.6 Å². The summed E-state index contributed by atoms with van der Waals surface area (Å²) in [5.74, 6) is -1.09. The second-order valence-corrected chi connectivity index (χ2v) is 7.62. The minimum absolute atomic E-state index is 0.241. The number of halogens is 1. The summed E-state index contributed by atoms with van der Waals surface area (Å²) < 4.78 is 7.27. The molecule has 2 heterocycles. The number of anilines is 2. The first-order chi connectivity index (χ1) is 14.5. The summed E-state index contributed by atoms with van der Waals surface area (Å²) in [7, 11) is 0. The van der Waals surface area contributed by atoms with Crippen LogP contribution in [0.3, 0.4) is 0 Å². The van der Waals surface area contributed by atoms with Crippen LogP contribution in [0.2, 0.25) is 0 Å². The van der Waals surface area contributed by atoms with Crippen LogP contribution < -0.4 is 15.8 Å². The van der Waals surface area contributed by atoms with Gasteiger partial charge >= 0.3 is 0 Å². The van der Waals surface area contributed by atoms with Crippen molar-refractivity contribution in [2.24, 2.45) is 0 Å². The van der Waals surface area contributed by atoms with E-state index >= 15 is 0 Å². The Bertz CT molecular complexity index is 1110. The van der Waals surface area contributed by atoms with Gasteiger partial charge in [0.1, 0.15) is 0 Å². The smallest absolute Gasteiger partial charge is 0.279 e. The Morgan fingerprint density at radius 1 is 1.03 bits per heavy atom. The van der Waals surface area contributed by atoms with Gasteiger partial charge < -0.3 is 20.1 Å². The number of morpholine rings is 1. The predicted molar refractivity (Wildman–Crippen MR) is 117 cm³/mol. The van der Waals surface area contributed by atoms with E-state index in [0.29, 0.717) is 24.6 Å². The minimum Gasteiger partial charge on any atom is -0.505 e. The molecule has 1 fully saturated rings. The van der Waals surface area contributed by atoms with Gasteiger partial charge in [-0.15, -0.1) is 0 Å². The van der Waals surface area contributed by atoms with Crippen molar-refractivity contribution in [2.75, 3.05) is 36.5 Å². The highest BCUT2D eigenvalue weighted by molar-refractivity contribution is 9.10. The monoisotopic (exact) mass is 470 g/mol. The first-order valence-electron chi connectivity index (χ1n) is 9.35. The van der Waals surface area contributed by atoms with Crippen molar-refractivity contribution in [3.05, 3.63) is 75.1 Å². The third-order valence-electron chi connectivity index (χ3n) is 4.70. The van der Waals surface area contributed by atoms with Gasteiger partial charge in [-0.2, -0.15) is 9.78 Å². The van der Waals surface area contributed by atoms with Crippen LogP contribution in [0.5, 0.6) is 5.75 Å². The zero-order valence-electron chi connectivity index (χ0n) is 15.9. The lowest BCUT2D eigenvalue weighted by Gasteiger charge is -2.28. The number of rotatable bonds is 4. The number of amides is 1. The molecule has 1 aromatic heterocycles. The van der Waals surface area contributed by atoms with Crippen molar-refractivity contribution in [1.29, 1.82) is 0 Å². The Kier molecular flexibility index (Phi) is 5.82. The molecule has 1 aliphatic rings. The summed E-state index contributed by atoms with van der Waals surface area (Å²) in [6.45, 7) is 3.03. The Balaban J connectivity index is 1.55. The number of hydrogen-bond donors (Lipinski definition) is 2. The fourth-order valence-corrected chi connectivity index (χ4v) is 3.41. The van der Waals surface area contributed by atoms with Crippen molar-refractivity contribution in [2.45, 2.75) is 0 Å². The van der Waals surface area contributed by atoms with E-state index in [1.807, 2.05) is 12.1 Å². The zero-order chi connectivity index (χ0) is 21.1. The van der Waals surface area contributed by atoms with E-state index < -0.39 is 17.2 Å². The molecule has 1 amide bonds. The number of ether oxygens (including phenoxy) is 1. The number of hydrogen-bond acceptors (Lipinski definition) is 6. The van der Waals surface area contributed by atoms with Crippen LogP contribution >= 0.6 is 15.9 Å². The van der Waals surface area contributed by atoms with Gasteiger partial charge in [-0.1, -0.05) is 15.9 Å². The standard InChI is InChI=1S/C21H19BrN4O4/c22-14-1-5-17(6-2-14)26-19(28)13-18(27)20(24-26)21(29)23-15-3-7-16(8-4-15)25-9-11-30-12-10-25/h1-8,13,27H,9-12H2,(H,23,29). The summed E-state index contributed by atoms with van der Waals surface area (Å²) in [6, 6.07) is 15.2. The van der Waals surface area contributed by atoms with Gasteiger partial charge in [0, 0.05) is 35.0 Å². The lowest BCUT2D eigenvalue weighted by molar-refractivity contribution is 0.101. The zero-order valence-corrected chi connectivity index (χ0v) is 17.5. The van der Waals surface area contributed by atoms with Crippen molar-refractivity contribution in [3.63, 3.8) is 0 Å². The predicted octanol–water partition coefficient (Wildman–Crippen LogP) is 2.79. The molecule has 9 heteroatoms. The average molecular weight is 471 g/mol. The molecule has 2 N–H and O–H groups in total. The number of aromatic nitrogens is 2. The summed E-state index contributed by atoms with van der Waals surface area (Å²) in [5.41, 5.74) is 1.30. The fraction of sp³-hybridized carbons (Fsp3) is 0.190. The van der Waals surface area contributed by atoms with Crippen LogP contribution in [-0.4, -0.2) is 47.1 Å². The van der Waals surface area contributed by atoms with E-state index in [9.17, 15) is 14.7 Å². The molecular formula is C21H19BrN4O4. The highest BCUT2D eigenvalue weighted by Crippen LogP contribution is 2.21. The summed E-state index contributed by atoms with van der Waals surface area (Å²) in [4.78, 5) is 27.1. The third-order valence-corrected chi connectivity index (χ3v) is 5.23. The molecule has 0 saturated carbocycles. The third kappa shape index (κ3) is 4.37. The minimum atomic E-state index is -0.613. The van der Waals surface area contributed by atoms with Gasteiger partial charge in [-0.05, 0) is 48.5 Å². The Labute approximate surface area is 180 Å². The molecule has 8 nitrogen and oxygen atoms in total. The molecule has 3 aromatic rings. The van der Waals surface area contributed by atoms with Gasteiger partial charge in [0.2, 0.25) is 0 Å². The first kappa shape index (κ1) is 20.1. The summed E-state index contributed by atoms with van der Waals surface area (Å²) in [6.07, 6.45) is 0. The maximum absolute atomic E-state index is 12.7. The first-order valence-corrected chi connectivity index (χ1v) is 10.1. The van der Waals surface area contributed by atoms with E-state index in [1.165, 1.54) is 0 Å². The number of benzene rings is 2. The lowest BCUT2D eigenvalue weighted by Crippen LogP contribution is -2.36. The molecule has 1 aliphatic heterocycles. The highest BCUT2D eigenvalue weighted by Gasteiger charge is 2.18. The fourth-order valence-electron chi connectivity index (χ4n) is 3.14. The second-order valence-electron chi connectivity index (χ2n) is 6.71. The molecule has 0 unspecified atom stereocenters. The molecule has 30 heavy (non-hydrogen) atoms. The number of carbonyl (C=O) groups is 1. The van der Waals surface area contributed by atoms with Gasteiger partial charge in [-0.3, -0.25) is 9.59 Å². The molecule has 1 saturated heterocycles. The maximum Gasteiger partial charge on any atom is 0.279 e. The Morgan fingerprint density at radius 2 is 1.67 bits per heavy atom. The van der Waals surface area contributed by atoms with Crippen LogP contribution in [0.25, 0.3) is 5.69 Å². The quantitative estimate of drug-likeness (QED) is 0.608. The van der Waals surface area contributed by atoms with Crippen molar-refractivity contribution >= 4 is 33.2 Å². The number of carbonyl (C=O) groups excluding carboxylic acids is 1. The summed E-state index contributed by atoms with van der Waals surface area (Å²) in [5, 5.41) is 16.9. The van der Waals surface area contributed by atoms with E-state index in [4.69, 9.17) is 4.74 Å². The molecular weight excluding hydrogens is 452 g/mol. The van der Waals surface area contributed by atoms with Crippen LogP contribution in [-0.2, 0) is 4.74 Å². The van der Waals surface area contributed by atoms with Gasteiger partial charge in [0.25, 0.3) is 11.5 Å².